The number of nitrogens with zero attached hydrogens (tertiary/aromatic N) is 5. The minimum Gasteiger partial charge on any atom is -0.368 e. The lowest BCUT2D eigenvalue weighted by Gasteiger charge is -2.13. The van der Waals surface area contributed by atoms with Gasteiger partial charge in [0.05, 0.1) is 24.5 Å². The van der Waals surface area contributed by atoms with Crippen molar-refractivity contribution in [1.29, 1.82) is 0 Å². The van der Waals surface area contributed by atoms with Gasteiger partial charge in [-0.05, 0) is 30.5 Å². The first-order valence-corrected chi connectivity index (χ1v) is 8.90. The van der Waals surface area contributed by atoms with Crippen molar-refractivity contribution in [2.24, 2.45) is 5.92 Å². The maximum Gasteiger partial charge on any atom is 0.275 e. The minimum atomic E-state index is -0.130. The number of anilines is 1. The molecule has 0 bridgehead atoms. The molecule has 0 saturated heterocycles. The summed E-state index contributed by atoms with van der Waals surface area (Å²) in [7, 11) is 0. The number of nitrogens with two attached hydrogens (primary N) is 1. The van der Waals surface area contributed by atoms with Crippen molar-refractivity contribution in [3.63, 3.8) is 0 Å². The topological polar surface area (TPSA) is 114 Å². The van der Waals surface area contributed by atoms with Gasteiger partial charge in [-0.15, -0.1) is 0 Å². The predicted molar refractivity (Wildman–Crippen MR) is 100 cm³/mol. The third-order valence-corrected chi connectivity index (χ3v) is 4.50. The fraction of sp³-hybridized carbons (Fsp3) is 0.316. The number of amides is 1. The molecule has 4 heterocycles. The van der Waals surface area contributed by atoms with Crippen molar-refractivity contribution in [3.05, 3.63) is 53.2 Å². The van der Waals surface area contributed by atoms with Gasteiger partial charge in [0, 0.05) is 29.2 Å². The molecule has 0 spiro atoms. The number of nitrogen functional groups attached to an aromatic ring is 1. The second-order valence-corrected chi connectivity index (χ2v) is 7.13. The molecule has 4 rings (SSSR count). The molecule has 0 aromatic carbocycles. The monoisotopic (exact) mass is 363 g/mol. The Morgan fingerprint density at radius 2 is 2.19 bits per heavy atom. The van der Waals surface area contributed by atoms with Crippen LogP contribution in [-0.2, 0) is 19.5 Å². The Hall–Kier alpha value is -3.29. The Bertz CT molecular complexity index is 981. The summed E-state index contributed by atoms with van der Waals surface area (Å²) in [6.07, 6.45) is 4.29. The number of hydrogen-bond acceptors (Lipinski definition) is 6. The molecular formula is C19H21N7O. The molecule has 0 radical (unpaired) electrons. The zero-order chi connectivity index (χ0) is 19.0. The van der Waals surface area contributed by atoms with Gasteiger partial charge >= 0.3 is 0 Å². The lowest BCUT2D eigenvalue weighted by Crippen LogP contribution is -2.25. The number of aromatic amines is 1. The van der Waals surface area contributed by atoms with E-state index in [4.69, 9.17) is 5.73 Å². The number of aromatic nitrogens is 5. The first kappa shape index (κ1) is 17.1. The van der Waals surface area contributed by atoms with Crippen LogP contribution in [0.1, 0.15) is 41.3 Å². The summed E-state index contributed by atoms with van der Waals surface area (Å²) in [5, 5.41) is 7.14. The van der Waals surface area contributed by atoms with Crippen molar-refractivity contribution in [3.8, 4) is 11.3 Å². The van der Waals surface area contributed by atoms with Crippen molar-refractivity contribution in [1.82, 2.24) is 30.0 Å². The summed E-state index contributed by atoms with van der Waals surface area (Å²) in [5.41, 5.74) is 10.5. The Balaban J connectivity index is 1.61. The Labute approximate surface area is 156 Å². The average molecular weight is 363 g/mol. The van der Waals surface area contributed by atoms with Crippen LogP contribution in [-0.4, -0.2) is 36.0 Å². The van der Waals surface area contributed by atoms with E-state index < -0.39 is 0 Å². The molecule has 1 amide bonds. The molecule has 0 unspecified atom stereocenters. The summed E-state index contributed by atoms with van der Waals surface area (Å²) in [4.78, 5) is 27.5. The van der Waals surface area contributed by atoms with E-state index in [-0.39, 0.29) is 11.9 Å². The standard InChI is InChI=1S/C19H21N7O/c1-11(2)6-13-7-15(25-24-13)18(27)26-9-14-16(10-26)22-19(20)23-17(14)12-4-3-5-21-8-12/h3-5,7-8,11H,6,9-10H2,1-2H3,(H,24,25)(H2,20,22,23). The summed E-state index contributed by atoms with van der Waals surface area (Å²) < 4.78 is 0. The van der Waals surface area contributed by atoms with E-state index in [1.807, 2.05) is 18.2 Å². The third-order valence-electron chi connectivity index (χ3n) is 4.50. The van der Waals surface area contributed by atoms with E-state index in [1.165, 1.54) is 0 Å². The van der Waals surface area contributed by atoms with Crippen molar-refractivity contribution >= 4 is 11.9 Å². The zero-order valence-corrected chi connectivity index (χ0v) is 15.3. The molecule has 138 valence electrons. The smallest absolute Gasteiger partial charge is 0.275 e. The number of rotatable bonds is 4. The molecule has 3 aromatic heterocycles. The van der Waals surface area contributed by atoms with Gasteiger partial charge in [-0.1, -0.05) is 13.8 Å². The van der Waals surface area contributed by atoms with Gasteiger partial charge < -0.3 is 10.6 Å². The zero-order valence-electron chi connectivity index (χ0n) is 15.3. The number of hydrogen-bond donors (Lipinski definition) is 2. The van der Waals surface area contributed by atoms with E-state index in [1.54, 1.807) is 17.3 Å². The predicted octanol–water partition coefficient (Wildman–Crippen LogP) is 2.20. The van der Waals surface area contributed by atoms with Crippen LogP contribution in [0.3, 0.4) is 0 Å². The maximum absolute atomic E-state index is 12.9. The van der Waals surface area contributed by atoms with Crippen LogP contribution < -0.4 is 5.73 Å². The van der Waals surface area contributed by atoms with Crippen LogP contribution in [0, 0.1) is 5.92 Å². The molecule has 27 heavy (non-hydrogen) atoms. The molecule has 1 aliphatic heterocycles. The molecule has 0 atom stereocenters. The highest BCUT2D eigenvalue weighted by Gasteiger charge is 2.30. The maximum atomic E-state index is 12.9. The van der Waals surface area contributed by atoms with Crippen molar-refractivity contribution in [2.75, 3.05) is 5.73 Å². The van der Waals surface area contributed by atoms with E-state index in [2.05, 4.69) is 39.0 Å². The summed E-state index contributed by atoms with van der Waals surface area (Å²) in [6, 6.07) is 5.59. The van der Waals surface area contributed by atoms with Crippen molar-refractivity contribution < 1.29 is 4.79 Å². The Morgan fingerprint density at radius 3 is 2.93 bits per heavy atom. The highest BCUT2D eigenvalue weighted by molar-refractivity contribution is 5.93. The van der Waals surface area contributed by atoms with Crippen LogP contribution in [0.2, 0.25) is 0 Å². The number of pyridine rings is 1. The number of nitrogens with one attached hydrogen (secondary N) is 1. The van der Waals surface area contributed by atoms with E-state index >= 15 is 0 Å². The second-order valence-electron chi connectivity index (χ2n) is 7.13. The second kappa shape index (κ2) is 6.79. The quantitative estimate of drug-likeness (QED) is 0.734. The minimum absolute atomic E-state index is 0.130. The number of H-pyrrole nitrogens is 1. The highest BCUT2D eigenvalue weighted by Crippen LogP contribution is 2.31. The first-order valence-electron chi connectivity index (χ1n) is 8.90. The molecule has 8 heteroatoms. The average Bonchev–Trinajstić information content (AvgIpc) is 3.27. The summed E-state index contributed by atoms with van der Waals surface area (Å²) in [6.45, 7) is 5.07. The fourth-order valence-electron chi connectivity index (χ4n) is 3.34. The first-order chi connectivity index (χ1) is 13.0. The fourth-order valence-corrected chi connectivity index (χ4v) is 3.34. The lowest BCUT2D eigenvalue weighted by atomic mass is 10.1. The SMILES string of the molecule is CC(C)Cc1cc(C(=O)N2Cc3nc(N)nc(-c4cccnc4)c3C2)n[nH]1. The summed E-state index contributed by atoms with van der Waals surface area (Å²) >= 11 is 0. The van der Waals surface area contributed by atoms with E-state index in [0.717, 1.165) is 34.6 Å². The molecule has 0 saturated carbocycles. The van der Waals surface area contributed by atoms with Gasteiger partial charge in [0.2, 0.25) is 5.95 Å². The summed E-state index contributed by atoms with van der Waals surface area (Å²) in [5.74, 6) is 0.556. The highest BCUT2D eigenvalue weighted by atomic mass is 16.2. The van der Waals surface area contributed by atoms with Gasteiger partial charge in [0.25, 0.3) is 5.91 Å². The Morgan fingerprint density at radius 1 is 1.33 bits per heavy atom. The van der Waals surface area contributed by atoms with Gasteiger partial charge in [-0.2, -0.15) is 5.10 Å². The molecule has 0 fully saturated rings. The van der Waals surface area contributed by atoms with Crippen LogP contribution in [0.25, 0.3) is 11.3 Å². The number of fused-ring (bicyclic) bond motifs is 1. The Kier molecular flexibility index (Phi) is 4.31. The number of carbonyl (C=O) groups excluding carboxylic acids is 1. The lowest BCUT2D eigenvalue weighted by molar-refractivity contribution is 0.0744. The number of carbonyl (C=O) groups is 1. The van der Waals surface area contributed by atoms with Gasteiger partial charge in [-0.3, -0.25) is 14.9 Å². The van der Waals surface area contributed by atoms with Gasteiger partial charge in [0.1, 0.15) is 5.69 Å². The third kappa shape index (κ3) is 3.38. The van der Waals surface area contributed by atoms with Gasteiger partial charge in [0.15, 0.2) is 0 Å². The van der Waals surface area contributed by atoms with Crippen LogP contribution >= 0.6 is 0 Å². The van der Waals surface area contributed by atoms with Crippen LogP contribution in [0.5, 0.6) is 0 Å². The molecular weight excluding hydrogens is 342 g/mol. The van der Waals surface area contributed by atoms with E-state index in [0.29, 0.717) is 24.7 Å². The van der Waals surface area contributed by atoms with Gasteiger partial charge in [-0.25, -0.2) is 9.97 Å². The molecule has 8 nitrogen and oxygen atoms in total. The molecule has 1 aliphatic rings. The molecule has 3 aromatic rings. The van der Waals surface area contributed by atoms with E-state index in [9.17, 15) is 4.79 Å². The van der Waals surface area contributed by atoms with Crippen molar-refractivity contribution in [2.45, 2.75) is 33.4 Å². The molecule has 0 aliphatic carbocycles. The van der Waals surface area contributed by atoms with Crippen LogP contribution in [0.15, 0.2) is 30.6 Å². The molecule has 3 N–H and O–H groups in total. The van der Waals surface area contributed by atoms with Crippen LogP contribution in [0.4, 0.5) is 5.95 Å². The largest absolute Gasteiger partial charge is 0.368 e. The normalized spacial score (nSPS) is 13.2.